The Bertz CT molecular complexity index is 394. The molecule has 0 saturated heterocycles. The van der Waals surface area contributed by atoms with Crippen molar-refractivity contribution in [3.63, 3.8) is 0 Å². The first kappa shape index (κ1) is 28.5. The van der Waals surface area contributed by atoms with Crippen LogP contribution in [0.3, 0.4) is 0 Å². The molecule has 0 aliphatic carbocycles. The van der Waals surface area contributed by atoms with Gasteiger partial charge < -0.3 is 0 Å². The Hall–Kier alpha value is 0.540. The number of hydrogen-bond acceptors (Lipinski definition) is 4. The van der Waals surface area contributed by atoms with Crippen molar-refractivity contribution < 1.29 is 17.9 Å². The van der Waals surface area contributed by atoms with Gasteiger partial charge in [0.1, 0.15) is 0 Å². The Morgan fingerprint density at radius 1 is 0.571 bits per heavy atom. The van der Waals surface area contributed by atoms with Crippen molar-refractivity contribution in [1.29, 1.82) is 0 Å². The molecule has 0 amide bonds. The molecule has 0 fully saturated rings. The summed E-state index contributed by atoms with van der Waals surface area (Å²) in [5, 5.41) is 0. The predicted molar refractivity (Wildman–Crippen MR) is 127 cm³/mol. The summed E-state index contributed by atoms with van der Waals surface area (Å²) in [4.78, 5) is 0. The molecule has 0 rings (SSSR count). The van der Waals surface area contributed by atoms with Crippen LogP contribution in [-0.2, 0) is 17.9 Å². The third-order valence-electron chi connectivity index (χ3n) is 5.71. The molecular formula is C22H50O4P2. The van der Waals surface area contributed by atoms with Crippen molar-refractivity contribution >= 4 is 14.7 Å². The van der Waals surface area contributed by atoms with Gasteiger partial charge in [-0.05, 0) is 0 Å². The van der Waals surface area contributed by atoms with Crippen molar-refractivity contribution in [2.24, 2.45) is 0 Å². The zero-order valence-corrected chi connectivity index (χ0v) is 21.6. The summed E-state index contributed by atoms with van der Waals surface area (Å²) in [6.07, 6.45) is 16.0. The van der Waals surface area contributed by atoms with Crippen molar-refractivity contribution in [2.75, 3.05) is 37.9 Å². The number of phosphoric acid groups is 1. The second kappa shape index (κ2) is 15.4. The first-order valence-corrected chi connectivity index (χ1v) is 16.4. The molecule has 0 aliphatic heterocycles. The zero-order chi connectivity index (χ0) is 21.4. The number of hydrogen-bond donors (Lipinski definition) is 0. The van der Waals surface area contributed by atoms with E-state index < -0.39 is 14.7 Å². The molecule has 0 N–H and O–H groups in total. The Balaban J connectivity index is 6.07. The first-order valence-electron chi connectivity index (χ1n) is 12.0. The van der Waals surface area contributed by atoms with E-state index in [1.165, 1.54) is 25.7 Å². The molecule has 0 saturated carbocycles. The minimum absolute atomic E-state index is 0.356. The van der Waals surface area contributed by atoms with Crippen LogP contribution in [0.15, 0.2) is 0 Å². The van der Waals surface area contributed by atoms with Gasteiger partial charge in [0, 0.05) is 0 Å². The van der Waals surface area contributed by atoms with Gasteiger partial charge in [0.2, 0.25) is 0 Å². The first-order chi connectivity index (χ1) is 13.4. The molecule has 0 unspecified atom stereocenters. The number of phosphoric ester groups is 1. The molecule has 0 aromatic heterocycles. The van der Waals surface area contributed by atoms with Gasteiger partial charge in [-0.25, -0.2) is 0 Å². The summed E-state index contributed by atoms with van der Waals surface area (Å²) in [6, 6.07) is 0. The molecule has 6 heteroatoms. The van der Waals surface area contributed by atoms with Gasteiger partial charge in [-0.1, -0.05) is 0 Å². The summed E-state index contributed by atoms with van der Waals surface area (Å²) in [6.45, 7) is 10.7. The van der Waals surface area contributed by atoms with Gasteiger partial charge in [0.25, 0.3) is 0 Å². The van der Waals surface area contributed by atoms with Crippen LogP contribution in [0.2, 0.25) is 0 Å². The van der Waals surface area contributed by atoms with E-state index in [4.69, 9.17) is 13.4 Å². The molecular weight excluding hydrogens is 390 g/mol. The average molecular weight is 441 g/mol. The Kier molecular flexibility index (Phi) is 15.7. The van der Waals surface area contributed by atoms with Crippen LogP contribution in [0.5, 0.6) is 0 Å². The number of rotatable bonds is 20. The van der Waals surface area contributed by atoms with E-state index in [-0.39, 0.29) is 0 Å². The third-order valence-corrected chi connectivity index (χ3v) is 15.3. The van der Waals surface area contributed by atoms with Crippen molar-refractivity contribution in [1.82, 2.24) is 0 Å². The molecule has 0 aromatic rings. The van der Waals surface area contributed by atoms with Crippen LogP contribution in [-0.4, -0.2) is 37.9 Å². The van der Waals surface area contributed by atoms with Crippen molar-refractivity contribution in [3.8, 4) is 0 Å². The van der Waals surface area contributed by atoms with Crippen LogP contribution >= 0.6 is 14.7 Å². The molecule has 172 valence electrons. The zero-order valence-electron chi connectivity index (χ0n) is 19.8. The SMILES string of the molecule is CCCCCCP(CCCC)(CCCC)(CCCC)OP(=O)(OCC)OCC. The van der Waals surface area contributed by atoms with Gasteiger partial charge in [-0.2, -0.15) is 0 Å². The quantitative estimate of drug-likeness (QED) is 0.140. The molecule has 0 heterocycles. The fraction of sp³-hybridized carbons (Fsp3) is 1.00. The van der Waals surface area contributed by atoms with E-state index in [0.29, 0.717) is 13.2 Å². The van der Waals surface area contributed by atoms with Gasteiger partial charge >= 0.3 is 176 Å². The Labute approximate surface area is 176 Å². The van der Waals surface area contributed by atoms with E-state index in [2.05, 4.69) is 27.7 Å². The second-order valence-electron chi connectivity index (χ2n) is 8.24. The van der Waals surface area contributed by atoms with Gasteiger partial charge in [-0.15, -0.1) is 0 Å². The normalized spacial score (nSPS) is 14.1. The van der Waals surface area contributed by atoms with Crippen LogP contribution in [0.4, 0.5) is 0 Å². The minimum atomic E-state index is -3.52. The molecule has 0 bridgehead atoms. The fourth-order valence-corrected chi connectivity index (χ4v) is 14.5. The third kappa shape index (κ3) is 10.0. The molecule has 0 aromatic carbocycles. The molecule has 4 nitrogen and oxygen atoms in total. The van der Waals surface area contributed by atoms with E-state index in [1.54, 1.807) is 0 Å². The second-order valence-corrected chi connectivity index (χ2v) is 15.8. The van der Waals surface area contributed by atoms with Crippen molar-refractivity contribution in [3.05, 3.63) is 0 Å². The molecule has 0 atom stereocenters. The van der Waals surface area contributed by atoms with E-state index in [9.17, 15) is 4.57 Å². The van der Waals surface area contributed by atoms with Crippen LogP contribution < -0.4 is 0 Å². The van der Waals surface area contributed by atoms with Crippen LogP contribution in [0.1, 0.15) is 106 Å². The molecule has 0 radical (unpaired) electrons. The summed E-state index contributed by atoms with van der Waals surface area (Å²) in [5.41, 5.74) is 0. The predicted octanol–water partition coefficient (Wildman–Crippen LogP) is 8.63. The van der Waals surface area contributed by atoms with E-state index in [0.717, 1.165) is 63.2 Å². The monoisotopic (exact) mass is 440 g/mol. The van der Waals surface area contributed by atoms with Gasteiger partial charge in [0.15, 0.2) is 0 Å². The summed E-state index contributed by atoms with van der Waals surface area (Å²) in [7, 11) is -3.52. The number of unbranched alkanes of at least 4 members (excludes halogenated alkanes) is 6. The van der Waals surface area contributed by atoms with Crippen LogP contribution in [0, 0.1) is 0 Å². The summed E-state index contributed by atoms with van der Waals surface area (Å²) >= 11 is 0. The topological polar surface area (TPSA) is 44.8 Å². The van der Waals surface area contributed by atoms with Gasteiger partial charge in [-0.3, -0.25) is 0 Å². The van der Waals surface area contributed by atoms with E-state index >= 15 is 0 Å². The van der Waals surface area contributed by atoms with Crippen LogP contribution in [0.25, 0.3) is 0 Å². The molecule has 28 heavy (non-hydrogen) atoms. The average Bonchev–Trinajstić information content (AvgIpc) is 2.67. The Morgan fingerprint density at radius 3 is 1.32 bits per heavy atom. The maximum absolute atomic E-state index is 13.6. The maximum atomic E-state index is 13.6. The Morgan fingerprint density at radius 2 is 0.964 bits per heavy atom. The fourth-order valence-electron chi connectivity index (χ4n) is 4.13. The molecule has 0 aliphatic rings. The van der Waals surface area contributed by atoms with E-state index in [1.807, 2.05) is 13.8 Å². The summed E-state index contributed by atoms with van der Waals surface area (Å²) in [5.74, 6) is 0. The summed E-state index contributed by atoms with van der Waals surface area (Å²) < 4.78 is 31.7. The van der Waals surface area contributed by atoms with Crippen molar-refractivity contribution in [2.45, 2.75) is 106 Å². The molecule has 0 spiro atoms. The standard InChI is InChI=1S/C22H50O4P2/c1-7-13-17-18-22-28(19-14-8-2,20-15-9-3,21-16-10-4)26-27(23,24-11-5)25-12-6/h7-22H2,1-6H3. The van der Waals surface area contributed by atoms with Gasteiger partial charge in [0.05, 0.1) is 0 Å².